The van der Waals surface area contributed by atoms with Crippen LogP contribution < -0.4 is 4.90 Å². The van der Waals surface area contributed by atoms with Crippen molar-refractivity contribution in [2.45, 2.75) is 50.5 Å². The zero-order valence-corrected chi connectivity index (χ0v) is 28.1. The Bertz CT molecular complexity index is 1910. The molecule has 8 rings (SSSR count). The van der Waals surface area contributed by atoms with Gasteiger partial charge < -0.3 is 4.90 Å². The summed E-state index contributed by atoms with van der Waals surface area (Å²) in [5.74, 6) is 1.23. The van der Waals surface area contributed by atoms with E-state index in [0.29, 0.717) is 11.1 Å². The summed E-state index contributed by atoms with van der Waals surface area (Å²) >= 11 is 12.4. The molecule has 2 fully saturated rings. The summed E-state index contributed by atoms with van der Waals surface area (Å²) in [4.78, 5) is 10.6. The minimum atomic E-state index is -0.190. The maximum atomic E-state index is 13.5. The van der Waals surface area contributed by atoms with Gasteiger partial charge in [-0.15, -0.1) is 5.10 Å². The average Bonchev–Trinajstić information content (AvgIpc) is 3.87. The molecular weight excluding hydrogens is 728 g/mol. The number of halogens is 5. The topological polar surface area (TPSA) is 63.6 Å². The summed E-state index contributed by atoms with van der Waals surface area (Å²) < 4.78 is 31.4. The Kier molecular flexibility index (Phi) is 10.1. The van der Waals surface area contributed by atoms with Crippen LogP contribution in [0.4, 0.5) is 14.6 Å². The normalized spacial score (nSPS) is 16.5. The summed E-state index contributed by atoms with van der Waals surface area (Å²) in [6.07, 6.45) is 10.6. The molecule has 0 N–H and O–H groups in total. The number of anilines is 1. The summed E-state index contributed by atoms with van der Waals surface area (Å²) in [6.45, 7) is 0.923. The van der Waals surface area contributed by atoms with E-state index in [9.17, 15) is 8.78 Å². The van der Waals surface area contributed by atoms with Crippen LogP contribution in [-0.2, 0) is 0 Å². The lowest BCUT2D eigenvalue weighted by Gasteiger charge is -2.26. The van der Waals surface area contributed by atoms with Crippen molar-refractivity contribution in [3.8, 4) is 0 Å². The van der Waals surface area contributed by atoms with Crippen molar-refractivity contribution >= 4 is 60.6 Å². The standard InChI is InChI=1S/C16H14BrFN4.C11H13F.C6H3BrClN3/c17-14-10-19-15-6-7-16(20-22(14)15)21-8-2-5-13(21)11-3-1-4-12(18)9-11;12-11-7-3-6-10(8-11)9-4-1-2-5-9;7-4-3-9-6-2-1-5(8)10-11(4)6/h1,3-4,6-7,9-10,13H,2,5,8H2;3,6-9H,1-2,4-5H2;1-3H/t13-;;/m1../s1. The monoisotopic (exact) mass is 755 g/mol. The Morgan fingerprint density at radius 1 is 0.689 bits per heavy atom. The van der Waals surface area contributed by atoms with Gasteiger partial charge >= 0.3 is 0 Å². The molecule has 2 aromatic carbocycles. The molecule has 1 atom stereocenters. The van der Waals surface area contributed by atoms with Crippen LogP contribution in [0.2, 0.25) is 5.15 Å². The van der Waals surface area contributed by atoms with Crippen molar-refractivity contribution in [1.82, 2.24) is 29.2 Å². The highest BCUT2D eigenvalue weighted by molar-refractivity contribution is 9.10. The first-order valence-electron chi connectivity index (χ1n) is 14.8. The van der Waals surface area contributed by atoms with Gasteiger partial charge in [0, 0.05) is 6.54 Å². The van der Waals surface area contributed by atoms with Crippen molar-refractivity contribution < 1.29 is 8.78 Å². The van der Waals surface area contributed by atoms with E-state index >= 15 is 0 Å². The number of aromatic nitrogens is 6. The number of hydrogen-bond donors (Lipinski definition) is 0. The van der Waals surface area contributed by atoms with E-state index in [1.54, 1.807) is 51.8 Å². The number of benzene rings is 2. The first-order chi connectivity index (χ1) is 21.9. The number of fused-ring (bicyclic) bond motifs is 2. The molecule has 1 saturated carbocycles. The molecule has 12 heteroatoms. The van der Waals surface area contributed by atoms with E-state index in [-0.39, 0.29) is 17.7 Å². The second kappa shape index (κ2) is 14.3. The largest absolute Gasteiger partial charge is 0.348 e. The molecular formula is C33H30Br2ClF2N7. The van der Waals surface area contributed by atoms with Crippen LogP contribution in [0.3, 0.4) is 0 Å². The summed E-state index contributed by atoms with van der Waals surface area (Å²) in [7, 11) is 0. The van der Waals surface area contributed by atoms with Gasteiger partial charge in [0.2, 0.25) is 0 Å². The van der Waals surface area contributed by atoms with E-state index < -0.39 is 0 Å². The van der Waals surface area contributed by atoms with Gasteiger partial charge in [0.1, 0.15) is 31.8 Å². The molecule has 1 aliphatic carbocycles. The zero-order chi connectivity index (χ0) is 31.3. The van der Waals surface area contributed by atoms with Gasteiger partial charge in [0.25, 0.3) is 0 Å². The zero-order valence-electron chi connectivity index (χ0n) is 24.2. The Morgan fingerprint density at radius 2 is 1.29 bits per heavy atom. The number of hydrogen-bond acceptors (Lipinski definition) is 5. The first-order valence-corrected chi connectivity index (χ1v) is 16.8. The fourth-order valence-electron chi connectivity index (χ4n) is 5.93. The third kappa shape index (κ3) is 7.53. The van der Waals surface area contributed by atoms with Gasteiger partial charge in [-0.2, -0.15) is 5.10 Å². The van der Waals surface area contributed by atoms with Gasteiger partial charge in [-0.05, 0) is 123 Å². The van der Waals surface area contributed by atoms with Crippen molar-refractivity contribution in [3.05, 3.63) is 122 Å². The quantitative estimate of drug-likeness (QED) is 0.180. The highest BCUT2D eigenvalue weighted by Gasteiger charge is 2.28. The Labute approximate surface area is 281 Å². The van der Waals surface area contributed by atoms with Crippen LogP contribution >= 0.6 is 43.5 Å². The number of imidazole rings is 2. The average molecular weight is 758 g/mol. The van der Waals surface area contributed by atoms with Crippen molar-refractivity contribution in [2.24, 2.45) is 0 Å². The van der Waals surface area contributed by atoms with E-state index in [1.165, 1.54) is 43.4 Å². The molecule has 5 heterocycles. The molecule has 0 amide bonds. The molecule has 7 nitrogen and oxygen atoms in total. The molecule has 0 bridgehead atoms. The molecule has 45 heavy (non-hydrogen) atoms. The Morgan fingerprint density at radius 3 is 1.96 bits per heavy atom. The SMILES string of the molecule is Clc1ccc2ncc(Br)n2n1.Fc1cccc(C2CCCC2)c1.Fc1cccc([C@H]2CCCN2c2ccc3ncc(Br)n3n2)c1. The summed E-state index contributed by atoms with van der Waals surface area (Å²) in [6, 6.07) is 21.5. The molecule has 6 aromatic rings. The highest BCUT2D eigenvalue weighted by atomic mass is 79.9. The van der Waals surface area contributed by atoms with Gasteiger partial charge in [-0.1, -0.05) is 48.7 Å². The maximum Gasteiger partial charge on any atom is 0.154 e. The van der Waals surface area contributed by atoms with Crippen LogP contribution in [0.1, 0.15) is 61.6 Å². The molecule has 0 radical (unpaired) electrons. The Hall–Kier alpha value is -3.41. The van der Waals surface area contributed by atoms with Crippen molar-refractivity contribution in [3.63, 3.8) is 0 Å². The molecule has 0 spiro atoms. The fraction of sp³-hybridized carbons (Fsp3) is 0.273. The van der Waals surface area contributed by atoms with Crippen molar-refractivity contribution in [1.29, 1.82) is 0 Å². The number of nitrogens with zero attached hydrogens (tertiary/aromatic N) is 7. The van der Waals surface area contributed by atoms with Crippen LogP contribution in [0, 0.1) is 11.6 Å². The predicted octanol–water partition coefficient (Wildman–Crippen LogP) is 9.60. The molecule has 232 valence electrons. The van der Waals surface area contributed by atoms with Gasteiger partial charge in [0.05, 0.1) is 18.4 Å². The smallest absolute Gasteiger partial charge is 0.154 e. The third-order valence-corrected chi connectivity index (χ3v) is 9.33. The molecule has 1 saturated heterocycles. The van der Waals surface area contributed by atoms with Gasteiger partial charge in [-0.3, -0.25) is 0 Å². The fourth-order valence-corrected chi connectivity index (χ4v) is 6.80. The minimum absolute atomic E-state index is 0.0978. The van der Waals surface area contributed by atoms with Crippen LogP contribution in [-0.4, -0.2) is 35.7 Å². The molecule has 2 aliphatic rings. The molecule has 0 unspecified atom stereocenters. The van der Waals surface area contributed by atoms with E-state index in [4.69, 9.17) is 11.6 Å². The van der Waals surface area contributed by atoms with Crippen LogP contribution in [0.5, 0.6) is 0 Å². The van der Waals surface area contributed by atoms with Crippen LogP contribution in [0.25, 0.3) is 11.3 Å². The van der Waals surface area contributed by atoms with E-state index in [0.717, 1.165) is 51.3 Å². The van der Waals surface area contributed by atoms with Gasteiger partial charge in [-0.25, -0.2) is 27.8 Å². The second-order valence-electron chi connectivity index (χ2n) is 11.0. The Balaban J connectivity index is 0.000000131. The number of rotatable bonds is 3. The lowest BCUT2D eigenvalue weighted by molar-refractivity contribution is 0.617. The van der Waals surface area contributed by atoms with Crippen molar-refractivity contribution in [2.75, 3.05) is 11.4 Å². The lowest BCUT2D eigenvalue weighted by Crippen LogP contribution is -2.24. The highest BCUT2D eigenvalue weighted by Crippen LogP contribution is 2.36. The van der Waals surface area contributed by atoms with Gasteiger partial charge in [0.15, 0.2) is 11.3 Å². The molecule has 4 aromatic heterocycles. The molecule has 1 aliphatic heterocycles. The minimum Gasteiger partial charge on any atom is -0.348 e. The lowest BCUT2D eigenvalue weighted by atomic mass is 9.98. The maximum absolute atomic E-state index is 13.5. The summed E-state index contributed by atoms with van der Waals surface area (Å²) in [5, 5.41) is 9.12. The van der Waals surface area contributed by atoms with E-state index in [2.05, 4.69) is 56.9 Å². The third-order valence-electron chi connectivity index (χ3n) is 8.05. The first kappa shape index (κ1) is 31.6. The van der Waals surface area contributed by atoms with E-state index in [1.807, 2.05) is 30.3 Å². The predicted molar refractivity (Wildman–Crippen MR) is 180 cm³/mol. The summed E-state index contributed by atoms with van der Waals surface area (Å²) in [5.41, 5.74) is 3.77. The second-order valence-corrected chi connectivity index (χ2v) is 13.0. The van der Waals surface area contributed by atoms with Crippen LogP contribution in [0.15, 0.2) is 94.4 Å².